The number of hydrogen-bond donors (Lipinski definition) is 0. The Balaban J connectivity index is 3.25. The van der Waals surface area contributed by atoms with Gasteiger partial charge < -0.3 is 4.74 Å². The van der Waals surface area contributed by atoms with Crippen molar-refractivity contribution in [3.05, 3.63) is 22.2 Å². The van der Waals surface area contributed by atoms with Gasteiger partial charge in [0.1, 0.15) is 13.6 Å². The fourth-order valence-corrected chi connectivity index (χ4v) is 1.91. The molecule has 0 fully saturated rings. The minimum atomic E-state index is 0.980. The van der Waals surface area contributed by atoms with E-state index >= 15 is 0 Å². The number of aryl methyl sites for hydroxylation is 1. The van der Waals surface area contributed by atoms with Crippen molar-refractivity contribution in [3.63, 3.8) is 0 Å². The van der Waals surface area contributed by atoms with Crippen LogP contribution in [0.4, 0.5) is 0 Å². The summed E-state index contributed by atoms with van der Waals surface area (Å²) in [5, 5.41) is 0. The second-order valence-electron chi connectivity index (χ2n) is 2.57. The van der Waals surface area contributed by atoms with Gasteiger partial charge in [-0.05, 0) is 24.0 Å². The normalized spacial score (nSPS) is 9.73. The smallest absolute Gasteiger partial charge is 0.144 e. The fourth-order valence-electron chi connectivity index (χ4n) is 1.22. The van der Waals surface area contributed by atoms with Gasteiger partial charge in [0, 0.05) is 4.47 Å². The highest BCUT2D eigenvalue weighted by molar-refractivity contribution is 9.10. The van der Waals surface area contributed by atoms with E-state index in [9.17, 15) is 0 Å². The predicted octanol–water partition coefficient (Wildman–Crippen LogP) is 1.02. The molecule has 0 saturated heterocycles. The van der Waals surface area contributed by atoms with Crippen molar-refractivity contribution in [1.82, 2.24) is 0 Å². The molecular weight excluding hydrogens is 203 g/mol. The molecular formula is C8H10BBrO. The van der Waals surface area contributed by atoms with E-state index in [1.54, 1.807) is 7.11 Å². The third-order valence-corrected chi connectivity index (χ3v) is 2.09. The molecule has 0 saturated carbocycles. The summed E-state index contributed by atoms with van der Waals surface area (Å²) in [6, 6.07) is 4.09. The molecule has 0 aliphatic carbocycles. The van der Waals surface area contributed by atoms with Gasteiger partial charge in [0.25, 0.3) is 0 Å². The summed E-state index contributed by atoms with van der Waals surface area (Å²) < 4.78 is 6.31. The maximum absolute atomic E-state index is 5.21. The molecule has 0 aliphatic heterocycles. The number of rotatable bonds is 1. The zero-order chi connectivity index (χ0) is 8.43. The van der Waals surface area contributed by atoms with E-state index in [1.165, 1.54) is 11.0 Å². The Bertz CT molecular complexity index is 250. The van der Waals surface area contributed by atoms with E-state index in [0.29, 0.717) is 0 Å². The molecule has 3 heteroatoms. The van der Waals surface area contributed by atoms with E-state index in [-0.39, 0.29) is 0 Å². The number of hydrogen-bond acceptors (Lipinski definition) is 1. The lowest BCUT2D eigenvalue weighted by molar-refractivity contribution is 0.415. The van der Waals surface area contributed by atoms with Gasteiger partial charge in [-0.25, -0.2) is 0 Å². The van der Waals surface area contributed by atoms with Gasteiger partial charge in [0.2, 0.25) is 0 Å². The third-order valence-electron chi connectivity index (χ3n) is 1.63. The molecule has 1 rings (SSSR count). The van der Waals surface area contributed by atoms with Crippen LogP contribution in [0.2, 0.25) is 0 Å². The van der Waals surface area contributed by atoms with E-state index in [4.69, 9.17) is 4.74 Å². The maximum Gasteiger partial charge on any atom is 0.144 e. The van der Waals surface area contributed by atoms with Crippen LogP contribution >= 0.6 is 15.9 Å². The molecule has 0 aliphatic rings. The van der Waals surface area contributed by atoms with Gasteiger partial charge in [0.15, 0.2) is 0 Å². The van der Waals surface area contributed by atoms with E-state index < -0.39 is 0 Å². The molecule has 0 radical (unpaired) electrons. The number of halogens is 1. The zero-order valence-electron chi connectivity index (χ0n) is 6.94. The summed E-state index contributed by atoms with van der Waals surface area (Å²) in [6.45, 7) is 2.04. The zero-order valence-corrected chi connectivity index (χ0v) is 8.53. The van der Waals surface area contributed by atoms with Crippen molar-refractivity contribution in [3.8, 4) is 5.75 Å². The fraction of sp³-hybridized carbons (Fsp3) is 0.250. The molecule has 0 unspecified atom stereocenters. The Kier molecular flexibility index (Phi) is 2.60. The highest BCUT2D eigenvalue weighted by atomic mass is 79.9. The van der Waals surface area contributed by atoms with Crippen LogP contribution < -0.4 is 10.2 Å². The van der Waals surface area contributed by atoms with Gasteiger partial charge in [0.05, 0.1) is 7.11 Å². The topological polar surface area (TPSA) is 9.23 Å². The molecule has 11 heavy (non-hydrogen) atoms. The van der Waals surface area contributed by atoms with Crippen molar-refractivity contribution in [2.75, 3.05) is 7.11 Å². The molecule has 0 spiro atoms. The monoisotopic (exact) mass is 212 g/mol. The average Bonchev–Trinajstić information content (AvgIpc) is 1.85. The molecule has 0 N–H and O–H groups in total. The van der Waals surface area contributed by atoms with Crippen LogP contribution in [-0.2, 0) is 0 Å². The van der Waals surface area contributed by atoms with Gasteiger partial charge in [-0.3, -0.25) is 0 Å². The summed E-state index contributed by atoms with van der Waals surface area (Å²) in [5.74, 6) is 0.980. The quantitative estimate of drug-likeness (QED) is 0.632. The van der Waals surface area contributed by atoms with Crippen LogP contribution in [0.1, 0.15) is 5.56 Å². The number of methoxy groups -OCH3 is 1. The molecule has 0 aromatic heterocycles. The summed E-state index contributed by atoms with van der Waals surface area (Å²) in [6.07, 6.45) is 0. The Morgan fingerprint density at radius 2 is 2.09 bits per heavy atom. The Morgan fingerprint density at radius 1 is 1.45 bits per heavy atom. The van der Waals surface area contributed by atoms with Crippen molar-refractivity contribution in [2.24, 2.45) is 0 Å². The summed E-state index contributed by atoms with van der Waals surface area (Å²) >= 11 is 3.42. The Labute approximate surface area is 76.3 Å². The molecule has 58 valence electrons. The van der Waals surface area contributed by atoms with E-state index in [2.05, 4.69) is 15.9 Å². The highest BCUT2D eigenvalue weighted by Crippen LogP contribution is 2.18. The van der Waals surface area contributed by atoms with E-state index in [1.807, 2.05) is 26.9 Å². The minimum absolute atomic E-state index is 0.980. The van der Waals surface area contributed by atoms with Gasteiger partial charge >= 0.3 is 0 Å². The van der Waals surface area contributed by atoms with E-state index in [0.717, 1.165) is 10.2 Å². The summed E-state index contributed by atoms with van der Waals surface area (Å²) in [5.41, 5.74) is 2.33. The van der Waals surface area contributed by atoms with Crippen molar-refractivity contribution in [1.29, 1.82) is 0 Å². The first kappa shape index (κ1) is 8.66. The molecule has 0 heterocycles. The Morgan fingerprint density at radius 3 is 2.55 bits per heavy atom. The predicted molar refractivity (Wildman–Crippen MR) is 53.6 cm³/mol. The minimum Gasteiger partial charge on any atom is -0.497 e. The average molecular weight is 213 g/mol. The second-order valence-corrected chi connectivity index (χ2v) is 3.49. The SMILES string of the molecule is Bc1cc(Br)cc(C)c1OC. The van der Waals surface area contributed by atoms with Crippen molar-refractivity contribution in [2.45, 2.75) is 6.92 Å². The van der Waals surface area contributed by atoms with Crippen LogP contribution in [0, 0.1) is 6.92 Å². The largest absolute Gasteiger partial charge is 0.497 e. The molecule has 1 aromatic carbocycles. The lowest BCUT2D eigenvalue weighted by Gasteiger charge is -2.08. The first-order chi connectivity index (χ1) is 5.15. The molecule has 0 amide bonds. The first-order valence-corrected chi connectivity index (χ1v) is 4.25. The summed E-state index contributed by atoms with van der Waals surface area (Å²) in [4.78, 5) is 0. The lowest BCUT2D eigenvalue weighted by atomic mass is 9.93. The van der Waals surface area contributed by atoms with Crippen molar-refractivity contribution >= 4 is 29.2 Å². The van der Waals surface area contributed by atoms with Gasteiger partial charge in [-0.15, -0.1) is 0 Å². The number of ether oxygens (including phenoxy) is 1. The van der Waals surface area contributed by atoms with Crippen LogP contribution in [0.3, 0.4) is 0 Å². The van der Waals surface area contributed by atoms with Crippen LogP contribution in [0.25, 0.3) is 0 Å². The first-order valence-electron chi connectivity index (χ1n) is 3.46. The van der Waals surface area contributed by atoms with Gasteiger partial charge in [-0.1, -0.05) is 22.0 Å². The lowest BCUT2D eigenvalue weighted by Crippen LogP contribution is -2.08. The van der Waals surface area contributed by atoms with Crippen LogP contribution in [-0.4, -0.2) is 15.0 Å². The number of benzene rings is 1. The highest BCUT2D eigenvalue weighted by Gasteiger charge is 2.02. The van der Waals surface area contributed by atoms with Crippen molar-refractivity contribution < 1.29 is 4.74 Å². The molecule has 1 nitrogen and oxygen atoms in total. The Hall–Kier alpha value is -0.435. The van der Waals surface area contributed by atoms with Crippen LogP contribution in [0.5, 0.6) is 5.75 Å². The van der Waals surface area contributed by atoms with Gasteiger partial charge in [-0.2, -0.15) is 0 Å². The molecule has 0 bridgehead atoms. The third kappa shape index (κ3) is 1.77. The molecule has 1 aromatic rings. The second kappa shape index (κ2) is 3.31. The molecule has 0 atom stereocenters. The summed E-state index contributed by atoms with van der Waals surface area (Å²) in [7, 11) is 3.74. The maximum atomic E-state index is 5.21. The standard InChI is InChI=1S/C8H10BBrO/c1-5-3-6(10)4-7(9)8(5)11-2/h3-4H,9H2,1-2H3. The van der Waals surface area contributed by atoms with Crippen LogP contribution in [0.15, 0.2) is 16.6 Å².